The molecule has 4 heteroatoms. The molecule has 0 atom stereocenters. The molecule has 0 amide bonds. The average Bonchev–Trinajstić information content (AvgIpc) is 2.64. The number of aryl methyl sites for hydroxylation is 1. The van der Waals surface area contributed by atoms with Crippen LogP contribution >= 0.6 is 11.6 Å². The fourth-order valence-electron chi connectivity index (χ4n) is 2.26. The first-order valence-electron chi connectivity index (χ1n) is 6.34. The van der Waals surface area contributed by atoms with E-state index in [2.05, 4.69) is 12.0 Å². The molecule has 1 aromatic heterocycles. The van der Waals surface area contributed by atoms with Gasteiger partial charge in [-0.2, -0.15) is 5.10 Å². The van der Waals surface area contributed by atoms with Gasteiger partial charge >= 0.3 is 0 Å². The first-order valence-corrected chi connectivity index (χ1v) is 6.72. The van der Waals surface area contributed by atoms with E-state index in [0.717, 1.165) is 17.8 Å². The summed E-state index contributed by atoms with van der Waals surface area (Å²) in [6.07, 6.45) is 0.937. The topological polar surface area (TPSA) is 34.9 Å². The Balaban J connectivity index is 2.22. The standard InChI is InChI=1S/C15H17ClN2O/c1-4-14-10(2)17-18(11(14)3)9-15(19)12-5-7-13(16)8-6-12/h5-8H,4,9H2,1-3H3. The summed E-state index contributed by atoms with van der Waals surface area (Å²) in [5.74, 6) is 0.0462. The maximum Gasteiger partial charge on any atom is 0.184 e. The molecule has 2 rings (SSSR count). The van der Waals surface area contributed by atoms with E-state index in [0.29, 0.717) is 10.6 Å². The van der Waals surface area contributed by atoms with Gasteiger partial charge < -0.3 is 0 Å². The molecule has 19 heavy (non-hydrogen) atoms. The number of benzene rings is 1. The summed E-state index contributed by atoms with van der Waals surface area (Å²) >= 11 is 5.82. The summed E-state index contributed by atoms with van der Waals surface area (Å²) in [5.41, 5.74) is 3.96. The van der Waals surface area contributed by atoms with Crippen LogP contribution in [0.3, 0.4) is 0 Å². The zero-order valence-corrected chi connectivity index (χ0v) is 12.2. The van der Waals surface area contributed by atoms with Crippen LogP contribution < -0.4 is 0 Å². The second kappa shape index (κ2) is 5.57. The van der Waals surface area contributed by atoms with E-state index in [1.54, 1.807) is 28.9 Å². The molecule has 2 aromatic rings. The van der Waals surface area contributed by atoms with E-state index in [4.69, 9.17) is 11.6 Å². The lowest BCUT2D eigenvalue weighted by atomic mass is 10.1. The summed E-state index contributed by atoms with van der Waals surface area (Å²) in [4.78, 5) is 12.2. The zero-order valence-electron chi connectivity index (χ0n) is 11.4. The third-order valence-electron chi connectivity index (χ3n) is 3.34. The largest absolute Gasteiger partial charge is 0.292 e. The van der Waals surface area contributed by atoms with Gasteiger partial charge in [0.2, 0.25) is 0 Å². The molecular formula is C15H17ClN2O. The predicted octanol–water partition coefficient (Wildman–Crippen LogP) is 3.60. The molecule has 0 fully saturated rings. The van der Waals surface area contributed by atoms with Gasteiger partial charge in [-0.3, -0.25) is 9.48 Å². The molecule has 100 valence electrons. The number of carbonyl (C=O) groups is 1. The van der Waals surface area contributed by atoms with Gasteiger partial charge in [-0.05, 0) is 50.1 Å². The van der Waals surface area contributed by atoms with Crippen molar-refractivity contribution < 1.29 is 4.79 Å². The quantitative estimate of drug-likeness (QED) is 0.800. The molecule has 0 radical (unpaired) electrons. The van der Waals surface area contributed by atoms with Crippen LogP contribution in [0.5, 0.6) is 0 Å². The molecule has 0 aliphatic rings. The fraction of sp³-hybridized carbons (Fsp3) is 0.333. The fourth-order valence-corrected chi connectivity index (χ4v) is 2.39. The van der Waals surface area contributed by atoms with Gasteiger partial charge in [0.25, 0.3) is 0 Å². The van der Waals surface area contributed by atoms with Gasteiger partial charge in [-0.15, -0.1) is 0 Å². The molecule has 0 aliphatic carbocycles. The van der Waals surface area contributed by atoms with Crippen molar-refractivity contribution in [3.63, 3.8) is 0 Å². The minimum absolute atomic E-state index is 0.0462. The van der Waals surface area contributed by atoms with Crippen LogP contribution in [0, 0.1) is 13.8 Å². The van der Waals surface area contributed by atoms with Crippen LogP contribution in [-0.2, 0) is 13.0 Å². The SMILES string of the molecule is CCc1c(C)nn(CC(=O)c2ccc(Cl)cc2)c1C. The Morgan fingerprint density at radius 1 is 1.26 bits per heavy atom. The maximum atomic E-state index is 12.2. The average molecular weight is 277 g/mol. The number of hydrogen-bond acceptors (Lipinski definition) is 2. The normalized spacial score (nSPS) is 10.7. The number of Topliss-reactive ketones (excluding diaryl/α,β-unsaturated/α-hetero) is 1. The number of halogens is 1. The van der Waals surface area contributed by atoms with Gasteiger partial charge in [0.1, 0.15) is 6.54 Å². The van der Waals surface area contributed by atoms with Crippen molar-refractivity contribution in [3.05, 3.63) is 51.8 Å². The molecule has 1 heterocycles. The second-order valence-electron chi connectivity index (χ2n) is 4.59. The van der Waals surface area contributed by atoms with Gasteiger partial charge in [0, 0.05) is 16.3 Å². The second-order valence-corrected chi connectivity index (χ2v) is 5.03. The highest BCUT2D eigenvalue weighted by Crippen LogP contribution is 2.15. The minimum atomic E-state index is 0.0462. The minimum Gasteiger partial charge on any atom is -0.292 e. The molecule has 0 saturated carbocycles. The van der Waals surface area contributed by atoms with E-state index in [1.807, 2.05) is 13.8 Å². The summed E-state index contributed by atoms with van der Waals surface area (Å²) in [7, 11) is 0. The lowest BCUT2D eigenvalue weighted by molar-refractivity contribution is 0.0966. The third-order valence-corrected chi connectivity index (χ3v) is 3.60. The Morgan fingerprint density at radius 2 is 1.89 bits per heavy atom. The highest BCUT2D eigenvalue weighted by molar-refractivity contribution is 6.30. The van der Waals surface area contributed by atoms with Crippen LogP contribution in [0.2, 0.25) is 5.02 Å². The molecule has 0 spiro atoms. The zero-order chi connectivity index (χ0) is 14.0. The number of ketones is 1. The van der Waals surface area contributed by atoms with E-state index >= 15 is 0 Å². The first kappa shape index (κ1) is 13.8. The van der Waals surface area contributed by atoms with Crippen LogP contribution in [0.15, 0.2) is 24.3 Å². The Kier molecular flexibility index (Phi) is 4.05. The van der Waals surface area contributed by atoms with Crippen LogP contribution in [0.1, 0.15) is 34.2 Å². The predicted molar refractivity (Wildman–Crippen MR) is 76.9 cm³/mol. The summed E-state index contributed by atoms with van der Waals surface area (Å²) < 4.78 is 1.78. The summed E-state index contributed by atoms with van der Waals surface area (Å²) in [6.45, 7) is 6.36. The molecule has 3 nitrogen and oxygen atoms in total. The molecule has 1 aromatic carbocycles. The highest BCUT2D eigenvalue weighted by atomic mass is 35.5. The Labute approximate surface area is 118 Å². The summed E-state index contributed by atoms with van der Waals surface area (Å²) in [5, 5.41) is 5.07. The van der Waals surface area contributed by atoms with E-state index in [-0.39, 0.29) is 12.3 Å². The number of aromatic nitrogens is 2. The van der Waals surface area contributed by atoms with Crippen LogP contribution in [0.25, 0.3) is 0 Å². The summed E-state index contributed by atoms with van der Waals surface area (Å²) in [6, 6.07) is 6.95. The third kappa shape index (κ3) is 2.87. The first-order chi connectivity index (χ1) is 9.02. The number of hydrogen-bond donors (Lipinski definition) is 0. The number of nitrogens with zero attached hydrogens (tertiary/aromatic N) is 2. The Morgan fingerprint density at radius 3 is 2.42 bits per heavy atom. The van der Waals surface area contributed by atoms with Crippen molar-refractivity contribution >= 4 is 17.4 Å². The van der Waals surface area contributed by atoms with Crippen LogP contribution in [0.4, 0.5) is 0 Å². The van der Waals surface area contributed by atoms with Gasteiger partial charge in [-0.1, -0.05) is 18.5 Å². The van der Waals surface area contributed by atoms with Crippen molar-refractivity contribution in [1.82, 2.24) is 9.78 Å². The van der Waals surface area contributed by atoms with E-state index < -0.39 is 0 Å². The lowest BCUT2D eigenvalue weighted by Gasteiger charge is -2.05. The smallest absolute Gasteiger partial charge is 0.184 e. The van der Waals surface area contributed by atoms with E-state index in [1.165, 1.54) is 5.56 Å². The van der Waals surface area contributed by atoms with Crippen molar-refractivity contribution in [2.24, 2.45) is 0 Å². The molecule has 0 saturated heterocycles. The van der Waals surface area contributed by atoms with Gasteiger partial charge in [0.05, 0.1) is 5.69 Å². The van der Waals surface area contributed by atoms with Gasteiger partial charge in [0.15, 0.2) is 5.78 Å². The van der Waals surface area contributed by atoms with Gasteiger partial charge in [-0.25, -0.2) is 0 Å². The van der Waals surface area contributed by atoms with Crippen molar-refractivity contribution in [1.29, 1.82) is 0 Å². The molecule has 0 N–H and O–H groups in total. The molecular weight excluding hydrogens is 260 g/mol. The molecule has 0 unspecified atom stereocenters. The number of carbonyl (C=O) groups excluding carboxylic acids is 1. The van der Waals surface area contributed by atoms with Crippen LogP contribution in [-0.4, -0.2) is 15.6 Å². The van der Waals surface area contributed by atoms with E-state index in [9.17, 15) is 4.79 Å². The van der Waals surface area contributed by atoms with Crippen molar-refractivity contribution in [2.45, 2.75) is 33.7 Å². The highest BCUT2D eigenvalue weighted by Gasteiger charge is 2.13. The van der Waals surface area contributed by atoms with Crippen molar-refractivity contribution in [2.75, 3.05) is 0 Å². The molecule has 0 bridgehead atoms. The Bertz CT molecular complexity index is 599. The van der Waals surface area contributed by atoms with Crippen molar-refractivity contribution in [3.8, 4) is 0 Å². The monoisotopic (exact) mass is 276 g/mol. The lowest BCUT2D eigenvalue weighted by Crippen LogP contribution is -2.13. The Hall–Kier alpha value is -1.61. The maximum absolute atomic E-state index is 12.2. The molecule has 0 aliphatic heterocycles. The number of rotatable bonds is 4.